The number of methoxy groups -OCH3 is 1. The zero-order chi connectivity index (χ0) is 15.2. The Bertz CT molecular complexity index is 428. The molecule has 1 aromatic carbocycles. The van der Waals surface area contributed by atoms with Crippen LogP contribution in [0.4, 0.5) is 0 Å². The maximum Gasteiger partial charge on any atom is 0.323 e. The molecule has 1 unspecified atom stereocenters. The van der Waals surface area contributed by atoms with Crippen LogP contribution in [0.2, 0.25) is 0 Å². The summed E-state index contributed by atoms with van der Waals surface area (Å²) in [5.74, 6) is 0.439. The summed E-state index contributed by atoms with van der Waals surface area (Å²) in [5, 5.41) is 12.6. The van der Waals surface area contributed by atoms with Crippen LogP contribution in [0.1, 0.15) is 32.8 Å². The van der Waals surface area contributed by atoms with E-state index in [1.165, 1.54) is 0 Å². The Morgan fingerprint density at radius 3 is 2.40 bits per heavy atom. The van der Waals surface area contributed by atoms with E-state index in [1.807, 2.05) is 24.3 Å². The van der Waals surface area contributed by atoms with Gasteiger partial charge in [-0.05, 0) is 49.9 Å². The smallest absolute Gasteiger partial charge is 0.323 e. The van der Waals surface area contributed by atoms with Crippen molar-refractivity contribution in [2.75, 3.05) is 13.7 Å². The minimum Gasteiger partial charge on any atom is -0.497 e. The third-order valence-electron chi connectivity index (χ3n) is 3.45. The lowest BCUT2D eigenvalue weighted by Crippen LogP contribution is -2.51. The van der Waals surface area contributed by atoms with Crippen molar-refractivity contribution in [1.29, 1.82) is 0 Å². The number of carboxylic acids is 1. The average Bonchev–Trinajstić information content (AvgIpc) is 2.43. The molecule has 0 heterocycles. The minimum atomic E-state index is -0.885. The lowest BCUT2D eigenvalue weighted by Gasteiger charge is -2.27. The van der Waals surface area contributed by atoms with Crippen molar-refractivity contribution in [3.05, 3.63) is 29.8 Å². The molecule has 0 bridgehead atoms. The highest BCUT2D eigenvalue weighted by Gasteiger charge is 2.32. The van der Waals surface area contributed by atoms with E-state index in [4.69, 9.17) is 4.74 Å². The number of aryl methyl sites for hydroxylation is 1. The molecule has 1 rings (SSSR count). The number of carbonyl (C=O) groups is 1. The lowest BCUT2D eigenvalue weighted by molar-refractivity contribution is -0.144. The first-order valence-electron chi connectivity index (χ1n) is 6.99. The Morgan fingerprint density at radius 2 is 1.95 bits per heavy atom. The molecule has 0 saturated carbocycles. The van der Waals surface area contributed by atoms with E-state index in [-0.39, 0.29) is 0 Å². The van der Waals surface area contributed by atoms with E-state index in [2.05, 4.69) is 19.2 Å². The highest BCUT2D eigenvalue weighted by atomic mass is 16.5. The largest absolute Gasteiger partial charge is 0.497 e. The Balaban J connectivity index is 2.63. The zero-order valence-corrected chi connectivity index (χ0v) is 12.8. The molecule has 1 aromatic rings. The fraction of sp³-hybridized carbons (Fsp3) is 0.562. The number of ether oxygens (including phenoxy) is 1. The number of hydrogen-bond acceptors (Lipinski definition) is 3. The van der Waals surface area contributed by atoms with Crippen molar-refractivity contribution in [2.45, 2.75) is 39.2 Å². The van der Waals surface area contributed by atoms with Gasteiger partial charge in [0.2, 0.25) is 0 Å². The predicted molar refractivity (Wildman–Crippen MR) is 80.2 cm³/mol. The second-order valence-corrected chi connectivity index (χ2v) is 5.76. The molecule has 0 aliphatic rings. The van der Waals surface area contributed by atoms with Crippen LogP contribution in [0.25, 0.3) is 0 Å². The average molecular weight is 279 g/mol. The van der Waals surface area contributed by atoms with Crippen LogP contribution in [0, 0.1) is 5.92 Å². The molecule has 0 spiro atoms. The van der Waals surface area contributed by atoms with Gasteiger partial charge >= 0.3 is 5.97 Å². The summed E-state index contributed by atoms with van der Waals surface area (Å²) in [6.07, 6.45) is 1.28. The molecule has 4 nitrogen and oxygen atoms in total. The van der Waals surface area contributed by atoms with Crippen LogP contribution in [0.3, 0.4) is 0 Å². The molecule has 4 heteroatoms. The summed E-state index contributed by atoms with van der Waals surface area (Å²) in [5.41, 5.74) is 0.231. The van der Waals surface area contributed by atoms with Crippen LogP contribution in [-0.2, 0) is 11.2 Å². The molecule has 112 valence electrons. The Hall–Kier alpha value is -1.55. The summed E-state index contributed by atoms with van der Waals surface area (Å²) in [4.78, 5) is 11.5. The van der Waals surface area contributed by atoms with Crippen LogP contribution in [-0.4, -0.2) is 30.3 Å². The molecule has 2 N–H and O–H groups in total. The van der Waals surface area contributed by atoms with Gasteiger partial charge in [0.25, 0.3) is 0 Å². The van der Waals surface area contributed by atoms with Gasteiger partial charge in [-0.2, -0.15) is 0 Å². The normalized spacial score (nSPS) is 14.1. The third-order valence-corrected chi connectivity index (χ3v) is 3.45. The first-order chi connectivity index (χ1) is 9.37. The van der Waals surface area contributed by atoms with Gasteiger partial charge in [-0.15, -0.1) is 0 Å². The number of nitrogens with one attached hydrogen (secondary N) is 1. The van der Waals surface area contributed by atoms with E-state index in [0.717, 1.165) is 17.7 Å². The summed E-state index contributed by atoms with van der Waals surface area (Å²) in [7, 11) is 1.63. The molecular formula is C16H25NO3. The van der Waals surface area contributed by atoms with Crippen molar-refractivity contribution >= 4 is 5.97 Å². The summed E-state index contributed by atoms with van der Waals surface area (Å²) in [6.45, 7) is 6.59. The number of carboxylic acid groups (broad SMARTS) is 1. The van der Waals surface area contributed by atoms with E-state index >= 15 is 0 Å². The summed E-state index contributed by atoms with van der Waals surface area (Å²) in [6, 6.07) is 7.75. The molecule has 20 heavy (non-hydrogen) atoms. The van der Waals surface area contributed by atoms with Crippen LogP contribution in [0.5, 0.6) is 5.75 Å². The van der Waals surface area contributed by atoms with Crippen LogP contribution in [0.15, 0.2) is 24.3 Å². The maximum absolute atomic E-state index is 11.5. The lowest BCUT2D eigenvalue weighted by atomic mass is 9.92. The van der Waals surface area contributed by atoms with Crippen LogP contribution < -0.4 is 10.1 Å². The van der Waals surface area contributed by atoms with E-state index < -0.39 is 11.5 Å². The fourth-order valence-corrected chi connectivity index (χ4v) is 1.89. The molecule has 0 aliphatic carbocycles. The molecule has 0 radical (unpaired) electrons. The Morgan fingerprint density at radius 1 is 1.35 bits per heavy atom. The first-order valence-corrected chi connectivity index (χ1v) is 6.99. The zero-order valence-electron chi connectivity index (χ0n) is 12.8. The number of aliphatic carboxylic acids is 1. The summed E-state index contributed by atoms with van der Waals surface area (Å²) >= 11 is 0. The monoisotopic (exact) mass is 279 g/mol. The number of rotatable bonds is 8. The van der Waals surface area contributed by atoms with Gasteiger partial charge in [-0.25, -0.2) is 0 Å². The molecule has 0 amide bonds. The van der Waals surface area contributed by atoms with Gasteiger partial charge in [0.15, 0.2) is 0 Å². The van der Waals surface area contributed by atoms with Crippen molar-refractivity contribution in [3.8, 4) is 5.75 Å². The first kappa shape index (κ1) is 16.5. The molecule has 1 atom stereocenters. The van der Waals surface area contributed by atoms with Gasteiger partial charge < -0.3 is 15.2 Å². The highest BCUT2D eigenvalue weighted by Crippen LogP contribution is 2.18. The van der Waals surface area contributed by atoms with E-state index in [9.17, 15) is 9.90 Å². The second-order valence-electron chi connectivity index (χ2n) is 5.76. The van der Waals surface area contributed by atoms with E-state index in [1.54, 1.807) is 14.0 Å². The van der Waals surface area contributed by atoms with Crippen molar-refractivity contribution in [1.82, 2.24) is 5.32 Å². The standard InChI is InChI=1S/C16H25NO3/c1-12(2)11-17-16(3,15(18)19)10-9-13-5-7-14(20-4)8-6-13/h5-8,12,17H,9-11H2,1-4H3,(H,18,19). The second kappa shape index (κ2) is 7.29. The van der Waals surface area contributed by atoms with Crippen molar-refractivity contribution in [2.24, 2.45) is 5.92 Å². The third kappa shape index (κ3) is 4.85. The Kier molecular flexibility index (Phi) is 6.02. The van der Waals surface area contributed by atoms with Crippen LogP contribution >= 0.6 is 0 Å². The topological polar surface area (TPSA) is 58.6 Å². The molecule has 0 saturated heterocycles. The fourth-order valence-electron chi connectivity index (χ4n) is 1.89. The minimum absolute atomic E-state index is 0.426. The van der Waals surface area contributed by atoms with Gasteiger partial charge in [-0.3, -0.25) is 4.79 Å². The van der Waals surface area contributed by atoms with Crippen molar-refractivity contribution < 1.29 is 14.6 Å². The molecular weight excluding hydrogens is 254 g/mol. The SMILES string of the molecule is COc1ccc(CCC(C)(NCC(C)C)C(=O)O)cc1. The number of benzene rings is 1. The van der Waals surface area contributed by atoms with Crippen molar-refractivity contribution in [3.63, 3.8) is 0 Å². The Labute approximate surface area is 121 Å². The van der Waals surface area contributed by atoms with E-state index in [0.29, 0.717) is 18.9 Å². The highest BCUT2D eigenvalue weighted by molar-refractivity contribution is 5.78. The van der Waals surface area contributed by atoms with Gasteiger partial charge in [-0.1, -0.05) is 26.0 Å². The predicted octanol–water partition coefficient (Wildman–Crippen LogP) is 2.72. The molecule has 0 aromatic heterocycles. The molecule has 0 aliphatic heterocycles. The number of hydrogen-bond donors (Lipinski definition) is 2. The van der Waals surface area contributed by atoms with Gasteiger partial charge in [0.1, 0.15) is 11.3 Å². The van der Waals surface area contributed by atoms with Gasteiger partial charge in [0.05, 0.1) is 7.11 Å². The summed E-state index contributed by atoms with van der Waals surface area (Å²) < 4.78 is 5.11. The maximum atomic E-state index is 11.5. The quantitative estimate of drug-likeness (QED) is 0.768. The van der Waals surface area contributed by atoms with Gasteiger partial charge in [0, 0.05) is 0 Å². The molecule has 0 fully saturated rings.